The molecule has 2 aromatic rings. The van der Waals surface area contributed by atoms with E-state index in [1.165, 1.54) is 5.56 Å². The zero-order chi connectivity index (χ0) is 11.0. The summed E-state index contributed by atoms with van der Waals surface area (Å²) >= 11 is 0. The number of primary amides is 1. The van der Waals surface area contributed by atoms with Crippen molar-refractivity contribution in [2.24, 2.45) is 5.73 Å². The molecular weight excluding hydrogens is 190 g/mol. The molecule has 3 N–H and O–H groups in total. The quantitative estimate of drug-likeness (QED) is 0.781. The van der Waals surface area contributed by atoms with Crippen molar-refractivity contribution < 1.29 is 4.79 Å². The molecule has 0 aliphatic rings. The first-order valence-corrected chi connectivity index (χ1v) is 4.87. The molecule has 2 rings (SSSR count). The number of pyridine rings is 1. The lowest BCUT2D eigenvalue weighted by Crippen LogP contribution is -2.13. The third-order valence-electron chi connectivity index (χ3n) is 2.49. The fraction of sp³-hybridized carbons (Fsp3) is 0.273. The molecular formula is C11H13N3O. The number of carbonyl (C=O) groups is 1. The van der Waals surface area contributed by atoms with Crippen LogP contribution in [0.2, 0.25) is 0 Å². The van der Waals surface area contributed by atoms with Crippen molar-refractivity contribution in [1.29, 1.82) is 0 Å². The van der Waals surface area contributed by atoms with E-state index in [1.54, 1.807) is 6.20 Å². The van der Waals surface area contributed by atoms with E-state index in [2.05, 4.69) is 23.8 Å². The van der Waals surface area contributed by atoms with Gasteiger partial charge in [0.15, 0.2) is 5.69 Å². The van der Waals surface area contributed by atoms with Gasteiger partial charge in [-0.05, 0) is 17.5 Å². The maximum Gasteiger partial charge on any atom is 0.269 e. The van der Waals surface area contributed by atoms with E-state index in [1.807, 2.05) is 12.3 Å². The smallest absolute Gasteiger partial charge is 0.269 e. The third kappa shape index (κ3) is 1.48. The zero-order valence-electron chi connectivity index (χ0n) is 8.74. The van der Waals surface area contributed by atoms with Crippen LogP contribution in [0.25, 0.3) is 10.9 Å². The second-order valence-electron chi connectivity index (χ2n) is 3.85. The highest BCUT2D eigenvalue weighted by Crippen LogP contribution is 2.25. The minimum Gasteiger partial charge on any atom is -0.364 e. The highest BCUT2D eigenvalue weighted by molar-refractivity contribution is 6.03. The number of aromatic nitrogens is 2. The predicted octanol–water partition coefficient (Wildman–Crippen LogP) is 1.79. The minimum atomic E-state index is -0.502. The van der Waals surface area contributed by atoms with Crippen LogP contribution in [0.3, 0.4) is 0 Å². The van der Waals surface area contributed by atoms with Gasteiger partial charge in [-0.2, -0.15) is 0 Å². The third-order valence-corrected chi connectivity index (χ3v) is 2.49. The Hall–Kier alpha value is -1.84. The van der Waals surface area contributed by atoms with Crippen molar-refractivity contribution in [2.75, 3.05) is 0 Å². The minimum absolute atomic E-state index is 0.305. The Bertz CT molecular complexity index is 514. The SMILES string of the molecule is CC(C)c1c[nH]c2c(C(N)=O)nccc12. The van der Waals surface area contributed by atoms with Crippen LogP contribution in [-0.4, -0.2) is 15.9 Å². The van der Waals surface area contributed by atoms with E-state index in [0.29, 0.717) is 11.6 Å². The molecule has 1 amide bonds. The first-order valence-electron chi connectivity index (χ1n) is 4.87. The molecule has 78 valence electrons. The molecule has 0 aliphatic carbocycles. The van der Waals surface area contributed by atoms with Crippen LogP contribution in [0.15, 0.2) is 18.5 Å². The molecule has 0 radical (unpaired) electrons. The lowest BCUT2D eigenvalue weighted by atomic mass is 10.0. The molecule has 0 unspecified atom stereocenters. The van der Waals surface area contributed by atoms with Gasteiger partial charge in [-0.25, -0.2) is 4.98 Å². The van der Waals surface area contributed by atoms with Crippen molar-refractivity contribution in [3.8, 4) is 0 Å². The highest BCUT2D eigenvalue weighted by Gasteiger charge is 2.13. The fourth-order valence-electron chi connectivity index (χ4n) is 1.74. The standard InChI is InChI=1S/C11H13N3O/c1-6(2)8-5-14-9-7(8)3-4-13-10(9)11(12)15/h3-6,14H,1-2H3,(H2,12,15). The fourth-order valence-corrected chi connectivity index (χ4v) is 1.74. The number of rotatable bonds is 2. The second-order valence-corrected chi connectivity index (χ2v) is 3.85. The van der Waals surface area contributed by atoms with E-state index in [-0.39, 0.29) is 0 Å². The highest BCUT2D eigenvalue weighted by atomic mass is 16.1. The Balaban J connectivity index is 2.74. The number of nitrogens with zero attached hydrogens (tertiary/aromatic N) is 1. The summed E-state index contributed by atoms with van der Waals surface area (Å²) in [5.74, 6) is -0.0976. The summed E-state index contributed by atoms with van der Waals surface area (Å²) < 4.78 is 0. The number of hydrogen-bond acceptors (Lipinski definition) is 2. The first-order chi connectivity index (χ1) is 7.11. The number of aromatic amines is 1. The van der Waals surface area contributed by atoms with Crippen LogP contribution in [0.1, 0.15) is 35.8 Å². The monoisotopic (exact) mass is 203 g/mol. The summed E-state index contributed by atoms with van der Waals surface area (Å²) in [4.78, 5) is 18.2. The van der Waals surface area contributed by atoms with E-state index < -0.39 is 5.91 Å². The normalized spacial score (nSPS) is 11.1. The summed E-state index contributed by atoms with van der Waals surface area (Å²) in [5.41, 5.74) is 7.45. The van der Waals surface area contributed by atoms with Crippen molar-refractivity contribution >= 4 is 16.8 Å². The van der Waals surface area contributed by atoms with Gasteiger partial charge < -0.3 is 10.7 Å². The summed E-state index contributed by atoms with van der Waals surface area (Å²) in [6.45, 7) is 4.21. The lowest BCUT2D eigenvalue weighted by Gasteiger charge is -2.02. The van der Waals surface area contributed by atoms with Gasteiger partial charge in [-0.1, -0.05) is 13.8 Å². The summed E-state index contributed by atoms with van der Waals surface area (Å²) in [6, 6.07) is 1.90. The molecule has 2 aromatic heterocycles. The molecule has 0 aromatic carbocycles. The summed E-state index contributed by atoms with van der Waals surface area (Å²) in [7, 11) is 0. The average molecular weight is 203 g/mol. The van der Waals surface area contributed by atoms with Gasteiger partial charge in [0.1, 0.15) is 0 Å². The Morgan fingerprint density at radius 2 is 2.27 bits per heavy atom. The molecule has 0 saturated heterocycles. The Kier molecular flexibility index (Phi) is 2.19. The van der Waals surface area contributed by atoms with E-state index in [9.17, 15) is 4.79 Å². The van der Waals surface area contributed by atoms with E-state index >= 15 is 0 Å². The number of carbonyl (C=O) groups excluding carboxylic acids is 1. The second kappa shape index (κ2) is 3.38. The lowest BCUT2D eigenvalue weighted by molar-refractivity contribution is 0.0997. The number of H-pyrrole nitrogens is 1. The van der Waals surface area contributed by atoms with Crippen LogP contribution in [0.5, 0.6) is 0 Å². The molecule has 0 spiro atoms. The van der Waals surface area contributed by atoms with Gasteiger partial charge in [-0.15, -0.1) is 0 Å². The number of hydrogen-bond donors (Lipinski definition) is 2. The number of nitrogens with two attached hydrogens (primary N) is 1. The molecule has 0 saturated carbocycles. The van der Waals surface area contributed by atoms with Crippen molar-refractivity contribution in [1.82, 2.24) is 9.97 Å². The van der Waals surface area contributed by atoms with Gasteiger partial charge in [0.2, 0.25) is 0 Å². The summed E-state index contributed by atoms with van der Waals surface area (Å²) in [5, 5.41) is 1.02. The van der Waals surface area contributed by atoms with Crippen LogP contribution in [0, 0.1) is 0 Å². The maximum atomic E-state index is 11.1. The van der Waals surface area contributed by atoms with E-state index in [4.69, 9.17) is 5.73 Å². The molecule has 15 heavy (non-hydrogen) atoms. The molecule has 0 atom stereocenters. The van der Waals surface area contributed by atoms with Gasteiger partial charge in [0, 0.05) is 17.8 Å². The Morgan fingerprint density at radius 3 is 2.87 bits per heavy atom. The Morgan fingerprint density at radius 1 is 1.53 bits per heavy atom. The van der Waals surface area contributed by atoms with Crippen LogP contribution in [-0.2, 0) is 0 Å². The number of fused-ring (bicyclic) bond motifs is 1. The first kappa shape index (κ1) is 9.71. The topological polar surface area (TPSA) is 71.8 Å². The summed E-state index contributed by atoms with van der Waals surface area (Å²) in [6.07, 6.45) is 3.52. The zero-order valence-corrected chi connectivity index (χ0v) is 8.74. The van der Waals surface area contributed by atoms with Gasteiger partial charge in [-0.3, -0.25) is 4.79 Å². The van der Waals surface area contributed by atoms with Crippen molar-refractivity contribution in [2.45, 2.75) is 19.8 Å². The number of nitrogens with one attached hydrogen (secondary N) is 1. The Labute approximate surface area is 87.5 Å². The van der Waals surface area contributed by atoms with Crippen LogP contribution in [0.4, 0.5) is 0 Å². The molecule has 0 bridgehead atoms. The molecule has 4 nitrogen and oxygen atoms in total. The molecule has 0 aliphatic heterocycles. The van der Waals surface area contributed by atoms with Gasteiger partial charge in [0.05, 0.1) is 5.52 Å². The van der Waals surface area contributed by atoms with Gasteiger partial charge in [0.25, 0.3) is 5.91 Å². The van der Waals surface area contributed by atoms with Crippen LogP contribution >= 0.6 is 0 Å². The average Bonchev–Trinajstić information content (AvgIpc) is 2.59. The largest absolute Gasteiger partial charge is 0.364 e. The van der Waals surface area contributed by atoms with Crippen molar-refractivity contribution in [3.05, 3.63) is 29.7 Å². The molecule has 2 heterocycles. The van der Waals surface area contributed by atoms with Crippen molar-refractivity contribution in [3.63, 3.8) is 0 Å². The maximum absolute atomic E-state index is 11.1. The predicted molar refractivity (Wildman–Crippen MR) is 58.7 cm³/mol. The van der Waals surface area contributed by atoms with Gasteiger partial charge >= 0.3 is 0 Å². The number of amides is 1. The van der Waals surface area contributed by atoms with Crippen LogP contribution < -0.4 is 5.73 Å². The van der Waals surface area contributed by atoms with E-state index in [0.717, 1.165) is 10.9 Å². The molecule has 4 heteroatoms. The molecule has 0 fully saturated rings.